The van der Waals surface area contributed by atoms with Gasteiger partial charge in [0.2, 0.25) is 0 Å². The molecule has 0 saturated carbocycles. The molecule has 0 heterocycles. The Morgan fingerprint density at radius 1 is 0.500 bits per heavy atom. The fourth-order valence-electron chi connectivity index (χ4n) is 6.01. The van der Waals surface area contributed by atoms with Crippen LogP contribution in [-0.2, 0) is 30.0 Å². The minimum Gasteiger partial charge on any atom is -0.497 e. The van der Waals surface area contributed by atoms with Crippen molar-refractivity contribution < 1.29 is 24.1 Å². The standard InChI is InChI=1S/C43H40O5/c1-45-40-22-18-38(19-23-40)43(37-11-4-3-5-12-37,39-20-24-41(46-2)25-21-39)48-27-26-32-14-16-35(17-15-32)36-10-7-13-42(29-36)47-31-34-9-6-8-33(28-34)30-44/h3-25,28-29,44H,26-27,30-31H2,1-2H3. The van der Waals surface area contributed by atoms with E-state index in [0.29, 0.717) is 13.2 Å². The molecule has 0 radical (unpaired) electrons. The van der Waals surface area contributed by atoms with Crippen LogP contribution in [0.25, 0.3) is 11.1 Å². The summed E-state index contributed by atoms with van der Waals surface area (Å²) in [5, 5.41) is 9.43. The zero-order valence-electron chi connectivity index (χ0n) is 27.3. The van der Waals surface area contributed by atoms with Crippen LogP contribution in [0.4, 0.5) is 0 Å². The third kappa shape index (κ3) is 7.44. The van der Waals surface area contributed by atoms with Crippen LogP contribution in [0.1, 0.15) is 33.4 Å². The number of aliphatic hydroxyl groups is 1. The van der Waals surface area contributed by atoms with E-state index >= 15 is 0 Å². The van der Waals surface area contributed by atoms with Gasteiger partial charge in [0, 0.05) is 0 Å². The summed E-state index contributed by atoms with van der Waals surface area (Å²) in [6.45, 7) is 0.950. The van der Waals surface area contributed by atoms with Gasteiger partial charge in [-0.05, 0) is 87.3 Å². The Balaban J connectivity index is 1.20. The SMILES string of the molecule is COc1ccc(C(OCCc2ccc(-c3cccc(OCc4cccc(CO)c4)c3)cc2)(c2ccccc2)c2ccc(OC)cc2)cc1. The summed E-state index contributed by atoms with van der Waals surface area (Å²) in [6, 6.07) is 51.2. The van der Waals surface area contributed by atoms with Gasteiger partial charge in [-0.3, -0.25) is 0 Å². The Morgan fingerprint density at radius 3 is 1.73 bits per heavy atom. The molecule has 6 aromatic rings. The van der Waals surface area contributed by atoms with Crippen molar-refractivity contribution in [1.82, 2.24) is 0 Å². The van der Waals surface area contributed by atoms with Crippen molar-refractivity contribution in [3.63, 3.8) is 0 Å². The van der Waals surface area contributed by atoms with Crippen molar-refractivity contribution in [2.45, 2.75) is 25.2 Å². The Labute approximate surface area is 283 Å². The first-order chi connectivity index (χ1) is 23.6. The third-order valence-electron chi connectivity index (χ3n) is 8.58. The molecule has 48 heavy (non-hydrogen) atoms. The summed E-state index contributed by atoms with van der Waals surface area (Å²) in [5.74, 6) is 2.38. The summed E-state index contributed by atoms with van der Waals surface area (Å²) in [5.41, 5.74) is 7.50. The second-order valence-electron chi connectivity index (χ2n) is 11.6. The molecule has 0 aliphatic rings. The molecule has 0 amide bonds. The molecule has 0 aromatic heterocycles. The van der Waals surface area contributed by atoms with E-state index in [9.17, 15) is 5.11 Å². The molecule has 5 heteroatoms. The first kappa shape index (κ1) is 32.6. The van der Waals surface area contributed by atoms with Gasteiger partial charge in [0.15, 0.2) is 0 Å². The Morgan fingerprint density at radius 2 is 1.10 bits per heavy atom. The van der Waals surface area contributed by atoms with E-state index in [-0.39, 0.29) is 6.61 Å². The van der Waals surface area contributed by atoms with Crippen molar-refractivity contribution >= 4 is 0 Å². The molecule has 0 spiro atoms. The van der Waals surface area contributed by atoms with E-state index in [1.54, 1.807) is 14.2 Å². The molecular weight excluding hydrogens is 596 g/mol. The summed E-state index contributed by atoms with van der Waals surface area (Å²) in [4.78, 5) is 0. The van der Waals surface area contributed by atoms with Crippen molar-refractivity contribution in [2.75, 3.05) is 20.8 Å². The number of hydrogen-bond donors (Lipinski definition) is 1. The van der Waals surface area contributed by atoms with Gasteiger partial charge in [-0.25, -0.2) is 0 Å². The van der Waals surface area contributed by atoms with Crippen LogP contribution in [0.5, 0.6) is 17.2 Å². The van der Waals surface area contributed by atoms with Crippen LogP contribution in [0.3, 0.4) is 0 Å². The highest BCUT2D eigenvalue weighted by Crippen LogP contribution is 2.41. The van der Waals surface area contributed by atoms with Crippen molar-refractivity contribution in [3.8, 4) is 28.4 Å². The number of ether oxygens (including phenoxy) is 4. The maximum Gasteiger partial charge on any atom is 0.143 e. The van der Waals surface area contributed by atoms with Gasteiger partial charge in [-0.1, -0.05) is 115 Å². The molecule has 5 nitrogen and oxygen atoms in total. The predicted molar refractivity (Wildman–Crippen MR) is 191 cm³/mol. The Bertz CT molecular complexity index is 1830. The van der Waals surface area contributed by atoms with Gasteiger partial charge in [0.05, 0.1) is 27.4 Å². The minimum atomic E-state index is -0.848. The molecule has 0 bridgehead atoms. The van der Waals surface area contributed by atoms with E-state index in [4.69, 9.17) is 18.9 Å². The molecule has 0 aliphatic carbocycles. The molecule has 6 rings (SSSR count). The zero-order valence-corrected chi connectivity index (χ0v) is 27.3. The smallest absolute Gasteiger partial charge is 0.143 e. The molecule has 6 aromatic carbocycles. The van der Waals surface area contributed by atoms with Gasteiger partial charge < -0.3 is 24.1 Å². The van der Waals surface area contributed by atoms with Gasteiger partial charge in [-0.15, -0.1) is 0 Å². The molecule has 242 valence electrons. The molecule has 0 unspecified atom stereocenters. The molecule has 0 fully saturated rings. The highest BCUT2D eigenvalue weighted by molar-refractivity contribution is 5.65. The lowest BCUT2D eigenvalue weighted by Gasteiger charge is -2.36. The number of aliphatic hydroxyl groups excluding tert-OH is 1. The van der Waals surface area contributed by atoms with Crippen molar-refractivity contribution in [2.24, 2.45) is 0 Å². The molecule has 1 N–H and O–H groups in total. The lowest BCUT2D eigenvalue weighted by Crippen LogP contribution is -2.33. The topological polar surface area (TPSA) is 57.2 Å². The van der Waals surface area contributed by atoms with Gasteiger partial charge in [0.25, 0.3) is 0 Å². The van der Waals surface area contributed by atoms with E-state index in [1.807, 2.05) is 78.9 Å². The van der Waals surface area contributed by atoms with Crippen LogP contribution in [0.15, 0.2) is 152 Å². The fourth-order valence-corrected chi connectivity index (χ4v) is 6.01. The number of methoxy groups -OCH3 is 2. The predicted octanol–water partition coefficient (Wildman–Crippen LogP) is 8.99. The number of rotatable bonds is 14. The summed E-state index contributed by atoms with van der Waals surface area (Å²) >= 11 is 0. The maximum absolute atomic E-state index is 9.43. The first-order valence-corrected chi connectivity index (χ1v) is 16.1. The lowest BCUT2D eigenvalue weighted by atomic mass is 9.80. The average molecular weight is 637 g/mol. The normalized spacial score (nSPS) is 11.2. The summed E-state index contributed by atoms with van der Waals surface area (Å²) in [7, 11) is 3.35. The van der Waals surface area contributed by atoms with Crippen LogP contribution in [0, 0.1) is 0 Å². The van der Waals surface area contributed by atoms with Crippen molar-refractivity contribution in [1.29, 1.82) is 0 Å². The molecule has 0 atom stereocenters. The quantitative estimate of drug-likeness (QED) is 0.121. The van der Waals surface area contributed by atoms with Crippen LogP contribution in [0.2, 0.25) is 0 Å². The first-order valence-electron chi connectivity index (χ1n) is 16.1. The largest absolute Gasteiger partial charge is 0.497 e. The molecule has 0 saturated heterocycles. The van der Waals surface area contributed by atoms with Crippen LogP contribution < -0.4 is 14.2 Å². The summed E-state index contributed by atoms with van der Waals surface area (Å²) in [6.07, 6.45) is 0.733. The van der Waals surface area contributed by atoms with Gasteiger partial charge in [0.1, 0.15) is 29.5 Å². The van der Waals surface area contributed by atoms with Crippen molar-refractivity contribution in [3.05, 3.63) is 185 Å². The van der Waals surface area contributed by atoms with E-state index in [2.05, 4.69) is 72.8 Å². The fraction of sp³-hybridized carbons (Fsp3) is 0.163. The van der Waals surface area contributed by atoms with Crippen LogP contribution in [-0.4, -0.2) is 25.9 Å². The second-order valence-corrected chi connectivity index (χ2v) is 11.6. The Kier molecular flexibility index (Phi) is 10.5. The summed E-state index contributed by atoms with van der Waals surface area (Å²) < 4.78 is 24.1. The maximum atomic E-state index is 9.43. The number of benzene rings is 6. The highest BCUT2D eigenvalue weighted by Gasteiger charge is 2.37. The lowest BCUT2D eigenvalue weighted by molar-refractivity contribution is 0.0147. The monoisotopic (exact) mass is 636 g/mol. The van der Waals surface area contributed by atoms with Gasteiger partial charge >= 0.3 is 0 Å². The average Bonchev–Trinajstić information content (AvgIpc) is 3.17. The third-order valence-corrected chi connectivity index (χ3v) is 8.58. The highest BCUT2D eigenvalue weighted by atomic mass is 16.5. The van der Waals surface area contributed by atoms with Crippen LogP contribution >= 0.6 is 0 Å². The minimum absolute atomic E-state index is 0.0185. The van der Waals surface area contributed by atoms with E-state index < -0.39 is 5.60 Å². The number of hydrogen-bond acceptors (Lipinski definition) is 5. The molecular formula is C43H40O5. The Hall–Kier alpha value is -5.36. The van der Waals surface area contributed by atoms with E-state index in [0.717, 1.165) is 62.6 Å². The zero-order chi connectivity index (χ0) is 33.2. The molecule has 0 aliphatic heterocycles. The second kappa shape index (κ2) is 15.5. The van der Waals surface area contributed by atoms with Gasteiger partial charge in [-0.2, -0.15) is 0 Å². The van der Waals surface area contributed by atoms with E-state index in [1.165, 1.54) is 5.56 Å².